The maximum Gasteiger partial charge on any atom is 0.420 e. The predicted molar refractivity (Wildman–Crippen MR) is 38.6 cm³/mol. The van der Waals surface area contributed by atoms with E-state index < -0.39 is 17.6 Å². The van der Waals surface area contributed by atoms with Crippen LogP contribution in [0.5, 0.6) is 0 Å². The molecule has 0 radical (unpaired) electrons. The Morgan fingerprint density at radius 1 is 1.38 bits per heavy atom. The molecule has 0 unspecified atom stereocenters. The van der Waals surface area contributed by atoms with E-state index in [1.807, 2.05) is 0 Å². The van der Waals surface area contributed by atoms with Crippen molar-refractivity contribution in [1.29, 1.82) is 0 Å². The lowest BCUT2D eigenvalue weighted by Crippen LogP contribution is -2.09. The van der Waals surface area contributed by atoms with Crippen LogP contribution in [0.1, 0.15) is 18.2 Å². The Hall–Kier alpha value is -1.13. The zero-order chi connectivity index (χ0) is 10.1. The van der Waals surface area contributed by atoms with Crippen LogP contribution in [0.4, 0.5) is 17.6 Å². The first-order chi connectivity index (χ1) is 5.95. The van der Waals surface area contributed by atoms with Crippen molar-refractivity contribution in [2.75, 3.05) is 0 Å². The molecular formula is C8H7F4N. The highest BCUT2D eigenvalue weighted by molar-refractivity contribution is 5.19. The normalized spacial score (nSPS) is 11.8. The molecule has 72 valence electrons. The highest BCUT2D eigenvalue weighted by Crippen LogP contribution is 2.30. The summed E-state index contributed by atoms with van der Waals surface area (Å²) in [6.45, 7) is 1.69. The molecule has 0 spiro atoms. The van der Waals surface area contributed by atoms with Gasteiger partial charge in [-0.15, -0.1) is 0 Å². The Labute approximate surface area is 72.4 Å². The Morgan fingerprint density at radius 3 is 2.38 bits per heavy atom. The summed E-state index contributed by atoms with van der Waals surface area (Å²) in [7, 11) is 0. The average Bonchev–Trinajstić information content (AvgIpc) is 2.01. The summed E-state index contributed by atoms with van der Waals surface area (Å²) in [5.41, 5.74) is -1.00. The minimum Gasteiger partial charge on any atom is -0.260 e. The number of aromatic nitrogens is 1. The number of rotatable bonds is 1. The lowest BCUT2D eigenvalue weighted by atomic mass is 10.2. The smallest absolute Gasteiger partial charge is 0.260 e. The third-order valence-corrected chi connectivity index (χ3v) is 1.58. The van der Waals surface area contributed by atoms with E-state index in [1.54, 1.807) is 6.92 Å². The van der Waals surface area contributed by atoms with Crippen LogP contribution in [0, 0.1) is 5.82 Å². The molecule has 0 atom stereocenters. The van der Waals surface area contributed by atoms with Crippen LogP contribution in [0.25, 0.3) is 0 Å². The Kier molecular flexibility index (Phi) is 2.54. The third kappa shape index (κ3) is 2.17. The van der Waals surface area contributed by atoms with E-state index in [1.165, 1.54) is 0 Å². The van der Waals surface area contributed by atoms with Crippen molar-refractivity contribution in [3.63, 3.8) is 0 Å². The molecule has 0 aliphatic heterocycles. The molecule has 1 aromatic rings. The number of pyridine rings is 1. The van der Waals surface area contributed by atoms with E-state index in [0.717, 1.165) is 6.07 Å². The van der Waals surface area contributed by atoms with Gasteiger partial charge in [-0.05, 0) is 12.5 Å². The maximum atomic E-state index is 12.8. The minimum atomic E-state index is -4.66. The van der Waals surface area contributed by atoms with E-state index >= 15 is 0 Å². The first-order valence-corrected chi connectivity index (χ1v) is 3.66. The molecule has 1 heterocycles. The standard InChI is InChI=1S/C8H7F4N/c1-2-5-3-7(9)6(4-13-5)8(10,11)12/h3-4H,2H2,1H3. The van der Waals surface area contributed by atoms with E-state index in [4.69, 9.17) is 0 Å². The summed E-state index contributed by atoms with van der Waals surface area (Å²) < 4.78 is 48.8. The molecule has 13 heavy (non-hydrogen) atoms. The highest BCUT2D eigenvalue weighted by Gasteiger charge is 2.34. The molecule has 0 saturated carbocycles. The van der Waals surface area contributed by atoms with Crippen molar-refractivity contribution in [3.8, 4) is 0 Å². The lowest BCUT2D eigenvalue weighted by molar-refractivity contribution is -0.140. The van der Waals surface area contributed by atoms with Crippen molar-refractivity contribution >= 4 is 0 Å². The van der Waals surface area contributed by atoms with Gasteiger partial charge in [-0.25, -0.2) is 4.39 Å². The van der Waals surface area contributed by atoms with Crippen LogP contribution in [-0.2, 0) is 12.6 Å². The zero-order valence-electron chi connectivity index (χ0n) is 6.82. The first-order valence-electron chi connectivity index (χ1n) is 3.66. The first kappa shape index (κ1) is 9.95. The topological polar surface area (TPSA) is 12.9 Å². The van der Waals surface area contributed by atoms with Gasteiger partial charge in [0.2, 0.25) is 0 Å². The molecular weight excluding hydrogens is 186 g/mol. The maximum absolute atomic E-state index is 12.8. The van der Waals surface area contributed by atoms with E-state index in [2.05, 4.69) is 4.98 Å². The van der Waals surface area contributed by atoms with Gasteiger partial charge in [0.15, 0.2) is 0 Å². The van der Waals surface area contributed by atoms with Gasteiger partial charge in [0, 0.05) is 11.9 Å². The average molecular weight is 193 g/mol. The van der Waals surface area contributed by atoms with Crippen LogP contribution in [-0.4, -0.2) is 4.98 Å². The van der Waals surface area contributed by atoms with Crippen LogP contribution >= 0.6 is 0 Å². The number of alkyl halides is 3. The Balaban J connectivity index is 3.13. The predicted octanol–water partition coefficient (Wildman–Crippen LogP) is 2.80. The van der Waals surface area contributed by atoms with Crippen LogP contribution in [0.2, 0.25) is 0 Å². The number of hydrogen-bond donors (Lipinski definition) is 0. The second-order valence-corrected chi connectivity index (χ2v) is 2.51. The highest BCUT2D eigenvalue weighted by atomic mass is 19.4. The molecule has 1 nitrogen and oxygen atoms in total. The minimum absolute atomic E-state index is 0.311. The SMILES string of the molecule is CCc1cc(F)c(C(F)(F)F)cn1. The number of halogens is 4. The molecule has 1 aromatic heterocycles. The van der Waals surface area contributed by atoms with E-state index in [-0.39, 0.29) is 0 Å². The molecule has 0 fully saturated rings. The lowest BCUT2D eigenvalue weighted by Gasteiger charge is -2.07. The van der Waals surface area contributed by atoms with Crippen molar-refractivity contribution in [1.82, 2.24) is 4.98 Å². The molecule has 0 amide bonds. The van der Waals surface area contributed by atoms with E-state index in [0.29, 0.717) is 18.3 Å². The summed E-state index contributed by atoms with van der Waals surface area (Å²) >= 11 is 0. The van der Waals surface area contributed by atoms with Gasteiger partial charge in [-0.2, -0.15) is 13.2 Å². The van der Waals surface area contributed by atoms with Crippen molar-refractivity contribution in [2.24, 2.45) is 0 Å². The van der Waals surface area contributed by atoms with Crippen LogP contribution < -0.4 is 0 Å². The summed E-state index contributed by atoms with van der Waals surface area (Å²) in [5.74, 6) is -1.26. The molecule has 0 aliphatic carbocycles. The van der Waals surface area contributed by atoms with Gasteiger partial charge in [0.1, 0.15) is 11.4 Å². The zero-order valence-corrected chi connectivity index (χ0v) is 6.82. The summed E-state index contributed by atoms with van der Waals surface area (Å²) in [5, 5.41) is 0. The third-order valence-electron chi connectivity index (χ3n) is 1.58. The number of nitrogens with zero attached hydrogens (tertiary/aromatic N) is 1. The van der Waals surface area contributed by atoms with Crippen molar-refractivity contribution in [3.05, 3.63) is 29.3 Å². The number of aryl methyl sites for hydroxylation is 1. The molecule has 5 heteroatoms. The van der Waals surface area contributed by atoms with Gasteiger partial charge < -0.3 is 0 Å². The van der Waals surface area contributed by atoms with Crippen molar-refractivity contribution in [2.45, 2.75) is 19.5 Å². The van der Waals surface area contributed by atoms with Gasteiger partial charge in [0.25, 0.3) is 0 Å². The molecule has 1 rings (SSSR count). The second-order valence-electron chi connectivity index (χ2n) is 2.51. The van der Waals surface area contributed by atoms with Crippen LogP contribution in [0.15, 0.2) is 12.3 Å². The largest absolute Gasteiger partial charge is 0.420 e. The van der Waals surface area contributed by atoms with Gasteiger partial charge in [-0.3, -0.25) is 4.98 Å². The quantitative estimate of drug-likeness (QED) is 0.625. The van der Waals surface area contributed by atoms with Crippen LogP contribution in [0.3, 0.4) is 0 Å². The Morgan fingerprint density at radius 2 is 2.00 bits per heavy atom. The fraction of sp³-hybridized carbons (Fsp3) is 0.375. The number of hydrogen-bond acceptors (Lipinski definition) is 1. The van der Waals surface area contributed by atoms with Gasteiger partial charge >= 0.3 is 6.18 Å². The van der Waals surface area contributed by atoms with E-state index in [9.17, 15) is 17.6 Å². The fourth-order valence-corrected chi connectivity index (χ4v) is 0.872. The summed E-state index contributed by atoms with van der Waals surface area (Å²) in [6.07, 6.45) is -3.73. The molecule has 0 aliphatic rings. The Bertz CT molecular complexity index is 306. The molecule has 0 aromatic carbocycles. The fourth-order valence-electron chi connectivity index (χ4n) is 0.872. The monoisotopic (exact) mass is 193 g/mol. The molecule has 0 N–H and O–H groups in total. The summed E-state index contributed by atoms with van der Waals surface area (Å²) in [6, 6.07) is 0.808. The molecule has 0 saturated heterocycles. The van der Waals surface area contributed by atoms with Gasteiger partial charge in [-0.1, -0.05) is 6.92 Å². The van der Waals surface area contributed by atoms with Gasteiger partial charge in [0.05, 0.1) is 0 Å². The molecule has 0 bridgehead atoms. The summed E-state index contributed by atoms with van der Waals surface area (Å²) in [4.78, 5) is 3.46. The van der Waals surface area contributed by atoms with Crippen molar-refractivity contribution < 1.29 is 17.6 Å². The second kappa shape index (κ2) is 3.32.